The standard InChI is InChI=1S/C27H32FN5O5S/c1-17(2)15-38-20-13-18(12-19(28)14-20)22-9-8-21(25(30-22)33-10-11-37-16-27(33,3)4)26(34)32-39(35,36)24-7-5-6-23(29)31-24/h5-9,12-14,17H,10-11,15-16H2,1-4H3,(H2,29,31)(H,32,34). The molecule has 12 heteroatoms. The molecule has 0 spiro atoms. The molecule has 3 heterocycles. The lowest BCUT2D eigenvalue weighted by atomic mass is 10.0. The number of halogens is 1. The number of rotatable bonds is 8. The maximum absolute atomic E-state index is 14.5. The first-order valence-corrected chi connectivity index (χ1v) is 13.9. The zero-order valence-corrected chi connectivity index (χ0v) is 23.1. The van der Waals surface area contributed by atoms with E-state index in [1.54, 1.807) is 6.07 Å². The number of carbonyl (C=O) groups excluding carboxylic acids is 1. The normalized spacial score (nSPS) is 15.3. The number of aromatic nitrogens is 2. The average molecular weight is 558 g/mol. The van der Waals surface area contributed by atoms with Crippen LogP contribution in [0.5, 0.6) is 5.75 Å². The number of hydrogen-bond donors (Lipinski definition) is 2. The van der Waals surface area contributed by atoms with Crippen LogP contribution in [0.15, 0.2) is 53.6 Å². The second kappa shape index (κ2) is 11.1. The predicted octanol–water partition coefficient (Wildman–Crippen LogP) is 3.63. The van der Waals surface area contributed by atoms with Crippen LogP contribution in [-0.2, 0) is 14.8 Å². The van der Waals surface area contributed by atoms with Crippen molar-refractivity contribution in [2.45, 2.75) is 38.3 Å². The van der Waals surface area contributed by atoms with Crippen molar-refractivity contribution in [2.75, 3.05) is 37.0 Å². The molecule has 0 atom stereocenters. The van der Waals surface area contributed by atoms with Crippen LogP contribution in [0, 0.1) is 11.7 Å². The number of benzene rings is 1. The van der Waals surface area contributed by atoms with E-state index >= 15 is 0 Å². The number of pyridine rings is 2. The number of amides is 1. The van der Waals surface area contributed by atoms with Gasteiger partial charge in [0, 0.05) is 18.2 Å². The Hall–Kier alpha value is -3.77. The van der Waals surface area contributed by atoms with Gasteiger partial charge in [-0.1, -0.05) is 19.9 Å². The number of carbonyl (C=O) groups is 1. The van der Waals surface area contributed by atoms with Crippen molar-refractivity contribution in [1.29, 1.82) is 0 Å². The van der Waals surface area contributed by atoms with Gasteiger partial charge in [-0.2, -0.15) is 8.42 Å². The van der Waals surface area contributed by atoms with Crippen molar-refractivity contribution in [3.05, 3.63) is 59.9 Å². The summed E-state index contributed by atoms with van der Waals surface area (Å²) in [6.07, 6.45) is 0. The largest absolute Gasteiger partial charge is 0.493 e. The Bertz CT molecular complexity index is 1480. The number of nitrogen functional groups attached to an aromatic ring is 1. The van der Waals surface area contributed by atoms with Gasteiger partial charge >= 0.3 is 0 Å². The van der Waals surface area contributed by atoms with Crippen molar-refractivity contribution in [1.82, 2.24) is 14.7 Å². The average Bonchev–Trinajstić information content (AvgIpc) is 2.86. The third-order valence-electron chi connectivity index (χ3n) is 6.02. The molecule has 2 aromatic heterocycles. The van der Waals surface area contributed by atoms with Crippen molar-refractivity contribution in [2.24, 2.45) is 5.92 Å². The molecular formula is C27H32FN5O5S. The predicted molar refractivity (Wildman–Crippen MR) is 146 cm³/mol. The summed E-state index contributed by atoms with van der Waals surface area (Å²) >= 11 is 0. The van der Waals surface area contributed by atoms with Gasteiger partial charge < -0.3 is 20.1 Å². The summed E-state index contributed by atoms with van der Waals surface area (Å²) in [5.74, 6) is -0.542. The number of anilines is 2. The van der Waals surface area contributed by atoms with Crippen LogP contribution in [0.2, 0.25) is 0 Å². The number of nitrogens with one attached hydrogen (secondary N) is 1. The summed E-state index contributed by atoms with van der Waals surface area (Å²) in [5.41, 5.74) is 5.91. The number of nitrogens with two attached hydrogens (primary N) is 1. The Morgan fingerprint density at radius 3 is 2.67 bits per heavy atom. The van der Waals surface area contributed by atoms with Crippen LogP contribution >= 0.6 is 0 Å². The minimum absolute atomic E-state index is 0.000986. The van der Waals surface area contributed by atoms with E-state index in [-0.39, 0.29) is 28.1 Å². The minimum Gasteiger partial charge on any atom is -0.493 e. The molecule has 1 fully saturated rings. The van der Waals surface area contributed by atoms with E-state index in [9.17, 15) is 17.6 Å². The van der Waals surface area contributed by atoms with E-state index in [1.807, 2.05) is 32.6 Å². The van der Waals surface area contributed by atoms with Crippen molar-refractivity contribution in [3.63, 3.8) is 0 Å². The van der Waals surface area contributed by atoms with Gasteiger partial charge in [-0.25, -0.2) is 19.1 Å². The van der Waals surface area contributed by atoms with Crippen LogP contribution < -0.4 is 20.1 Å². The van der Waals surface area contributed by atoms with E-state index in [2.05, 4.69) is 9.71 Å². The second-order valence-corrected chi connectivity index (χ2v) is 11.9. The minimum atomic E-state index is -4.32. The molecule has 0 radical (unpaired) electrons. The van der Waals surface area contributed by atoms with E-state index in [1.165, 1.54) is 42.5 Å². The lowest BCUT2D eigenvalue weighted by molar-refractivity contribution is 0.0637. The first-order valence-electron chi connectivity index (χ1n) is 12.5. The van der Waals surface area contributed by atoms with Crippen LogP contribution in [0.4, 0.5) is 16.0 Å². The zero-order chi connectivity index (χ0) is 28.4. The number of nitrogens with zero attached hydrogens (tertiary/aromatic N) is 3. The highest BCUT2D eigenvalue weighted by Crippen LogP contribution is 2.32. The van der Waals surface area contributed by atoms with Crippen molar-refractivity contribution in [3.8, 4) is 17.0 Å². The second-order valence-electron chi connectivity index (χ2n) is 10.3. The van der Waals surface area contributed by atoms with Crippen molar-refractivity contribution < 1.29 is 27.1 Å². The van der Waals surface area contributed by atoms with E-state index < -0.39 is 27.3 Å². The molecule has 39 heavy (non-hydrogen) atoms. The first-order chi connectivity index (χ1) is 18.4. The quantitative estimate of drug-likeness (QED) is 0.425. The number of hydrogen-bond acceptors (Lipinski definition) is 9. The Morgan fingerprint density at radius 2 is 1.97 bits per heavy atom. The fourth-order valence-corrected chi connectivity index (χ4v) is 5.05. The molecule has 1 aromatic carbocycles. The molecule has 0 unspecified atom stereocenters. The molecule has 1 aliphatic rings. The third kappa shape index (κ3) is 6.63. The summed E-state index contributed by atoms with van der Waals surface area (Å²) in [4.78, 5) is 23.8. The molecule has 4 rings (SSSR count). The van der Waals surface area contributed by atoms with Gasteiger partial charge in [0.15, 0.2) is 5.03 Å². The number of morpholine rings is 1. The maximum atomic E-state index is 14.5. The molecule has 1 aliphatic heterocycles. The highest BCUT2D eigenvalue weighted by molar-refractivity contribution is 7.90. The van der Waals surface area contributed by atoms with Gasteiger partial charge in [0.1, 0.15) is 23.2 Å². The monoisotopic (exact) mass is 557 g/mol. The van der Waals surface area contributed by atoms with Crippen LogP contribution in [-0.4, -0.2) is 56.2 Å². The van der Waals surface area contributed by atoms with Crippen molar-refractivity contribution >= 4 is 27.6 Å². The number of sulfonamides is 1. The van der Waals surface area contributed by atoms with Crippen LogP contribution in [0.3, 0.4) is 0 Å². The number of ether oxygens (including phenoxy) is 2. The van der Waals surface area contributed by atoms with Gasteiger partial charge in [-0.15, -0.1) is 0 Å². The zero-order valence-electron chi connectivity index (χ0n) is 22.3. The molecular weight excluding hydrogens is 525 g/mol. The smallest absolute Gasteiger partial charge is 0.281 e. The van der Waals surface area contributed by atoms with Gasteiger partial charge in [-0.3, -0.25) is 4.79 Å². The van der Waals surface area contributed by atoms with Gasteiger partial charge in [0.25, 0.3) is 15.9 Å². The Morgan fingerprint density at radius 1 is 1.21 bits per heavy atom. The molecule has 1 saturated heterocycles. The highest BCUT2D eigenvalue weighted by Gasteiger charge is 2.35. The maximum Gasteiger partial charge on any atom is 0.281 e. The van der Waals surface area contributed by atoms with E-state index in [0.717, 1.165) is 0 Å². The Balaban J connectivity index is 1.76. The van der Waals surface area contributed by atoms with Gasteiger partial charge in [0.05, 0.1) is 36.6 Å². The van der Waals surface area contributed by atoms with E-state index in [0.29, 0.717) is 43.4 Å². The van der Waals surface area contributed by atoms with Crippen LogP contribution in [0.25, 0.3) is 11.3 Å². The molecule has 10 nitrogen and oxygen atoms in total. The molecule has 3 N–H and O–H groups in total. The molecule has 0 aliphatic carbocycles. The summed E-state index contributed by atoms with van der Waals surface area (Å²) in [6.45, 7) is 9.40. The SMILES string of the molecule is CC(C)COc1cc(F)cc(-c2ccc(C(=O)NS(=O)(=O)c3cccc(N)n3)c(N3CCOCC3(C)C)n2)c1. The lowest BCUT2D eigenvalue weighted by Crippen LogP contribution is -2.54. The molecule has 208 valence electrons. The Kier molecular flexibility index (Phi) is 8.07. The lowest BCUT2D eigenvalue weighted by Gasteiger charge is -2.43. The fourth-order valence-electron chi connectivity index (χ4n) is 4.11. The molecule has 3 aromatic rings. The molecule has 0 saturated carbocycles. The first kappa shape index (κ1) is 28.2. The third-order valence-corrected chi connectivity index (χ3v) is 7.25. The molecule has 0 bridgehead atoms. The summed E-state index contributed by atoms with van der Waals surface area (Å²) < 4.78 is 53.7. The fraction of sp³-hybridized carbons (Fsp3) is 0.370. The van der Waals surface area contributed by atoms with Crippen LogP contribution in [0.1, 0.15) is 38.1 Å². The topological polar surface area (TPSA) is 137 Å². The summed E-state index contributed by atoms with van der Waals surface area (Å²) in [5, 5.41) is -0.387. The van der Waals surface area contributed by atoms with E-state index in [4.69, 9.17) is 20.2 Å². The summed E-state index contributed by atoms with van der Waals surface area (Å²) in [6, 6.07) is 11.4. The Labute approximate surface area is 227 Å². The van der Waals surface area contributed by atoms with Gasteiger partial charge in [0.2, 0.25) is 0 Å². The highest BCUT2D eigenvalue weighted by atomic mass is 32.2. The molecule has 1 amide bonds. The van der Waals surface area contributed by atoms with Gasteiger partial charge in [-0.05, 0) is 56.2 Å². The summed E-state index contributed by atoms with van der Waals surface area (Å²) in [7, 11) is -4.32.